The van der Waals surface area contributed by atoms with E-state index in [2.05, 4.69) is 15.4 Å². The first-order chi connectivity index (χ1) is 16.4. The van der Waals surface area contributed by atoms with Crippen LogP contribution in [0.3, 0.4) is 0 Å². The summed E-state index contributed by atoms with van der Waals surface area (Å²) in [5, 5.41) is 10.3. The number of piperidine rings is 1. The number of halogens is 2. The zero-order chi connectivity index (χ0) is 24.2. The van der Waals surface area contributed by atoms with Gasteiger partial charge in [-0.05, 0) is 43.9 Å². The Balaban J connectivity index is 0.00000342. The topological polar surface area (TPSA) is 105 Å². The first kappa shape index (κ1) is 27.0. The summed E-state index contributed by atoms with van der Waals surface area (Å²) in [5.41, 5.74) is 1.54. The third-order valence-electron chi connectivity index (χ3n) is 5.97. The van der Waals surface area contributed by atoms with Crippen LogP contribution in [0.15, 0.2) is 29.8 Å². The number of ketones is 1. The first-order valence-corrected chi connectivity index (χ1v) is 12.2. The van der Waals surface area contributed by atoms with Gasteiger partial charge >= 0.3 is 5.97 Å². The Kier molecular flexibility index (Phi) is 9.21. The number of H-pyrrole nitrogens is 1. The van der Waals surface area contributed by atoms with E-state index < -0.39 is 17.8 Å². The highest BCUT2D eigenvalue weighted by atomic mass is 35.5. The first-order valence-electron chi connectivity index (χ1n) is 11.4. The van der Waals surface area contributed by atoms with Crippen molar-refractivity contribution in [3.8, 4) is 0 Å². The lowest BCUT2D eigenvalue weighted by Crippen LogP contribution is -2.43. The molecular formula is C24H28ClFN4O4S. The summed E-state index contributed by atoms with van der Waals surface area (Å²) in [4.78, 5) is 39.4. The van der Waals surface area contributed by atoms with E-state index in [1.54, 1.807) is 31.2 Å². The zero-order valence-electron chi connectivity index (χ0n) is 19.5. The van der Waals surface area contributed by atoms with Crippen LogP contribution in [-0.4, -0.2) is 62.1 Å². The standard InChI is InChI=1S/C24H27FN4O4S.ClH/c1-3-33-24(32)21-19(26-28-27-21)12-16-13-29(11-10-20(16)34-14(2)30)22(23(31)15-8-9-15)17-6-4-5-7-18(17)25;/h4-7,12,15,20,22H,3,8-11,13H2,1-2H3,(H,26,27,28);1H. The van der Waals surface area contributed by atoms with Crippen LogP contribution in [0, 0.1) is 11.7 Å². The number of thioether (sulfide) groups is 1. The van der Waals surface area contributed by atoms with Crippen LogP contribution in [0.1, 0.15) is 60.9 Å². The minimum atomic E-state index is -0.706. The summed E-state index contributed by atoms with van der Waals surface area (Å²) in [5.74, 6) is -1.03. The second-order valence-corrected chi connectivity index (χ2v) is 9.83. The van der Waals surface area contributed by atoms with Gasteiger partial charge in [0.25, 0.3) is 0 Å². The zero-order valence-corrected chi connectivity index (χ0v) is 21.2. The van der Waals surface area contributed by atoms with Gasteiger partial charge in [0.1, 0.15) is 11.5 Å². The van der Waals surface area contributed by atoms with E-state index in [9.17, 15) is 18.8 Å². The van der Waals surface area contributed by atoms with Crippen molar-refractivity contribution in [2.24, 2.45) is 5.92 Å². The van der Waals surface area contributed by atoms with Crippen LogP contribution in [0.5, 0.6) is 0 Å². The highest BCUT2D eigenvalue weighted by molar-refractivity contribution is 8.14. The van der Waals surface area contributed by atoms with Crippen molar-refractivity contribution in [2.45, 2.75) is 44.4 Å². The number of carbonyl (C=O) groups excluding carboxylic acids is 3. The number of esters is 1. The molecule has 2 fully saturated rings. The van der Waals surface area contributed by atoms with Crippen LogP contribution in [0.4, 0.5) is 4.39 Å². The smallest absolute Gasteiger partial charge is 0.361 e. The quantitative estimate of drug-likeness (QED) is 0.519. The van der Waals surface area contributed by atoms with Gasteiger partial charge in [-0.1, -0.05) is 30.0 Å². The number of aromatic amines is 1. The molecule has 2 aliphatic rings. The molecule has 4 rings (SSSR count). The lowest BCUT2D eigenvalue weighted by atomic mass is 9.93. The fourth-order valence-electron chi connectivity index (χ4n) is 4.26. The van der Waals surface area contributed by atoms with Gasteiger partial charge in [0.15, 0.2) is 16.6 Å². The monoisotopic (exact) mass is 522 g/mol. The Morgan fingerprint density at radius 3 is 2.66 bits per heavy atom. The van der Waals surface area contributed by atoms with Crippen molar-refractivity contribution in [3.63, 3.8) is 0 Å². The van der Waals surface area contributed by atoms with Crippen LogP contribution >= 0.6 is 24.2 Å². The largest absolute Gasteiger partial charge is 0.461 e. The Bertz CT molecular complexity index is 1120. The normalized spacial score (nSPS) is 20.2. The van der Waals surface area contributed by atoms with E-state index >= 15 is 0 Å². The number of rotatable bonds is 8. The molecule has 0 bridgehead atoms. The summed E-state index contributed by atoms with van der Waals surface area (Å²) < 4.78 is 19.8. The molecule has 0 amide bonds. The molecule has 0 spiro atoms. The number of Topliss-reactive ketones (excluding diaryl/α,β-unsaturated/α-hetero) is 1. The summed E-state index contributed by atoms with van der Waals surface area (Å²) in [6, 6.07) is 5.68. The van der Waals surface area contributed by atoms with Gasteiger partial charge in [0.05, 0.1) is 12.6 Å². The molecule has 1 N–H and O–H groups in total. The minimum absolute atomic E-state index is 0. The molecule has 1 saturated heterocycles. The molecule has 1 saturated carbocycles. The lowest BCUT2D eigenvalue weighted by molar-refractivity contribution is -0.126. The van der Waals surface area contributed by atoms with Crippen LogP contribution in [0.2, 0.25) is 0 Å². The Morgan fingerprint density at radius 1 is 1.26 bits per heavy atom. The summed E-state index contributed by atoms with van der Waals surface area (Å²) in [6.45, 7) is 4.27. The Hall–Kier alpha value is -2.56. The van der Waals surface area contributed by atoms with Crippen molar-refractivity contribution in [1.29, 1.82) is 0 Å². The number of aromatic nitrogens is 3. The number of benzene rings is 1. The SMILES string of the molecule is CCOC(=O)c1n[nH]nc1C=C1CN(C(C(=O)C2CC2)c2ccccc2F)CCC1SC(C)=O.Cl. The fourth-order valence-corrected chi connectivity index (χ4v) is 5.18. The molecule has 0 radical (unpaired) electrons. The average molecular weight is 523 g/mol. The number of hydrogen-bond donors (Lipinski definition) is 1. The molecule has 2 heterocycles. The number of likely N-dealkylation sites (tertiary alicyclic amines) is 1. The van der Waals surface area contributed by atoms with E-state index in [0.717, 1.165) is 18.4 Å². The number of carbonyl (C=O) groups is 3. The molecule has 188 valence electrons. The van der Waals surface area contributed by atoms with Gasteiger partial charge in [-0.3, -0.25) is 14.5 Å². The van der Waals surface area contributed by atoms with Crippen molar-refractivity contribution in [3.05, 3.63) is 52.6 Å². The molecule has 8 nitrogen and oxygen atoms in total. The predicted molar refractivity (Wildman–Crippen MR) is 133 cm³/mol. The molecule has 1 aromatic heterocycles. The molecular weight excluding hydrogens is 495 g/mol. The van der Waals surface area contributed by atoms with Crippen molar-refractivity contribution < 1.29 is 23.5 Å². The van der Waals surface area contributed by atoms with E-state index in [1.165, 1.54) is 24.8 Å². The third-order valence-corrected chi connectivity index (χ3v) is 7.12. The Labute approximate surface area is 213 Å². The lowest BCUT2D eigenvalue weighted by Gasteiger charge is -2.38. The molecule has 2 atom stereocenters. The number of hydrogen-bond acceptors (Lipinski definition) is 8. The second-order valence-electron chi connectivity index (χ2n) is 8.46. The van der Waals surface area contributed by atoms with Crippen LogP contribution in [0.25, 0.3) is 6.08 Å². The van der Waals surface area contributed by atoms with Crippen molar-refractivity contribution >= 4 is 47.1 Å². The number of nitrogens with zero attached hydrogens (tertiary/aromatic N) is 3. The van der Waals surface area contributed by atoms with E-state index in [1.807, 2.05) is 4.90 Å². The summed E-state index contributed by atoms with van der Waals surface area (Å²) in [6.07, 6.45) is 3.96. The maximum absolute atomic E-state index is 14.8. The van der Waals surface area contributed by atoms with Gasteiger partial charge in [0, 0.05) is 36.7 Å². The molecule has 35 heavy (non-hydrogen) atoms. The van der Waals surface area contributed by atoms with Crippen LogP contribution in [-0.2, 0) is 14.3 Å². The molecule has 2 unspecified atom stereocenters. The average Bonchev–Trinajstić information content (AvgIpc) is 3.55. The molecule has 2 aromatic rings. The molecule has 11 heteroatoms. The number of nitrogens with one attached hydrogen (secondary N) is 1. The van der Waals surface area contributed by atoms with Crippen molar-refractivity contribution in [1.82, 2.24) is 20.3 Å². The highest BCUT2D eigenvalue weighted by Crippen LogP contribution is 2.40. The van der Waals surface area contributed by atoms with Crippen LogP contribution < -0.4 is 0 Å². The molecule has 1 aromatic carbocycles. The predicted octanol–water partition coefficient (Wildman–Crippen LogP) is 4.00. The maximum Gasteiger partial charge on any atom is 0.361 e. The van der Waals surface area contributed by atoms with E-state index in [-0.39, 0.29) is 46.8 Å². The highest BCUT2D eigenvalue weighted by Gasteiger charge is 2.41. The van der Waals surface area contributed by atoms with E-state index in [4.69, 9.17) is 4.74 Å². The molecule has 1 aliphatic heterocycles. The third kappa shape index (κ3) is 6.36. The fraction of sp³-hybridized carbons (Fsp3) is 0.458. The molecule has 1 aliphatic carbocycles. The van der Waals surface area contributed by atoms with Crippen molar-refractivity contribution in [2.75, 3.05) is 19.7 Å². The number of ether oxygens (including phenoxy) is 1. The Morgan fingerprint density at radius 2 is 2.00 bits per heavy atom. The minimum Gasteiger partial charge on any atom is -0.461 e. The maximum atomic E-state index is 14.8. The summed E-state index contributed by atoms with van der Waals surface area (Å²) >= 11 is 1.20. The van der Waals surface area contributed by atoms with Gasteiger partial charge in [-0.15, -0.1) is 17.5 Å². The second kappa shape index (κ2) is 11.9. The van der Waals surface area contributed by atoms with Gasteiger partial charge < -0.3 is 4.74 Å². The van der Waals surface area contributed by atoms with Gasteiger partial charge in [-0.2, -0.15) is 10.3 Å². The van der Waals surface area contributed by atoms with E-state index in [0.29, 0.717) is 30.8 Å². The van der Waals surface area contributed by atoms with Gasteiger partial charge in [0.2, 0.25) is 0 Å². The summed E-state index contributed by atoms with van der Waals surface area (Å²) in [7, 11) is 0. The van der Waals surface area contributed by atoms with Gasteiger partial charge in [-0.25, -0.2) is 9.18 Å².